The highest BCUT2D eigenvalue weighted by atomic mass is 19.1. The minimum Gasteiger partial charge on any atom is -0.355 e. The standard InChI is InChI=1S/C23H24FN5O/c1-16-10-12-29(13-11-16)22-9-8-21(27-28-22)17-4-2-6-19(14-17)25-23(30)26-20-7-3-5-18(24)15-20/h2-9,14-16H,10-13H2,1H3,(H2,25,26,30). The lowest BCUT2D eigenvalue weighted by Crippen LogP contribution is -2.33. The summed E-state index contributed by atoms with van der Waals surface area (Å²) in [4.78, 5) is 14.5. The Morgan fingerprint density at radius 3 is 2.33 bits per heavy atom. The molecule has 0 atom stereocenters. The van der Waals surface area contributed by atoms with Gasteiger partial charge in [-0.15, -0.1) is 10.2 Å². The summed E-state index contributed by atoms with van der Waals surface area (Å²) in [7, 11) is 0. The Hall–Kier alpha value is -3.48. The molecule has 6 nitrogen and oxygen atoms in total. The number of rotatable bonds is 4. The second kappa shape index (κ2) is 8.90. The van der Waals surface area contributed by atoms with Crippen molar-refractivity contribution in [1.29, 1.82) is 0 Å². The molecule has 154 valence electrons. The van der Waals surface area contributed by atoms with Crippen LogP contribution >= 0.6 is 0 Å². The zero-order chi connectivity index (χ0) is 20.9. The van der Waals surface area contributed by atoms with E-state index >= 15 is 0 Å². The van der Waals surface area contributed by atoms with E-state index in [1.807, 2.05) is 30.3 Å². The maximum atomic E-state index is 13.3. The molecule has 2 heterocycles. The number of carbonyl (C=O) groups is 1. The van der Waals surface area contributed by atoms with Gasteiger partial charge in [0.05, 0.1) is 5.69 Å². The van der Waals surface area contributed by atoms with E-state index in [0.717, 1.165) is 36.1 Å². The van der Waals surface area contributed by atoms with E-state index in [1.165, 1.54) is 25.0 Å². The molecule has 0 unspecified atom stereocenters. The fraction of sp³-hybridized carbons (Fsp3) is 0.261. The maximum Gasteiger partial charge on any atom is 0.323 e. The highest BCUT2D eigenvalue weighted by Crippen LogP contribution is 2.24. The molecule has 7 heteroatoms. The van der Waals surface area contributed by atoms with Gasteiger partial charge in [0.15, 0.2) is 5.82 Å². The van der Waals surface area contributed by atoms with Crippen molar-refractivity contribution in [3.8, 4) is 11.3 Å². The number of carbonyl (C=O) groups excluding carboxylic acids is 1. The summed E-state index contributed by atoms with van der Waals surface area (Å²) in [6.45, 7) is 4.30. The summed E-state index contributed by atoms with van der Waals surface area (Å²) in [5, 5.41) is 14.2. The van der Waals surface area contributed by atoms with Crippen molar-refractivity contribution in [2.75, 3.05) is 28.6 Å². The van der Waals surface area contributed by atoms with Crippen LogP contribution in [0, 0.1) is 11.7 Å². The third-order valence-corrected chi connectivity index (χ3v) is 5.26. The van der Waals surface area contributed by atoms with Gasteiger partial charge in [-0.2, -0.15) is 0 Å². The lowest BCUT2D eigenvalue weighted by Gasteiger charge is -2.30. The summed E-state index contributed by atoms with van der Waals surface area (Å²) < 4.78 is 13.3. The number of nitrogens with one attached hydrogen (secondary N) is 2. The van der Waals surface area contributed by atoms with Crippen LogP contribution in [0.25, 0.3) is 11.3 Å². The van der Waals surface area contributed by atoms with Gasteiger partial charge in [0.25, 0.3) is 0 Å². The van der Waals surface area contributed by atoms with E-state index in [9.17, 15) is 9.18 Å². The smallest absolute Gasteiger partial charge is 0.323 e. The summed E-state index contributed by atoms with van der Waals surface area (Å²) in [6.07, 6.45) is 2.35. The average molecular weight is 405 g/mol. The van der Waals surface area contributed by atoms with Crippen molar-refractivity contribution in [2.24, 2.45) is 5.92 Å². The number of anilines is 3. The molecule has 1 aliphatic rings. The van der Waals surface area contributed by atoms with Gasteiger partial charge in [-0.1, -0.05) is 25.1 Å². The Morgan fingerprint density at radius 1 is 0.967 bits per heavy atom. The number of hydrogen-bond acceptors (Lipinski definition) is 4. The summed E-state index contributed by atoms with van der Waals surface area (Å²) in [5.74, 6) is 1.26. The number of amides is 2. The Kier molecular flexibility index (Phi) is 5.88. The van der Waals surface area contributed by atoms with Crippen molar-refractivity contribution >= 4 is 23.2 Å². The van der Waals surface area contributed by atoms with Crippen molar-refractivity contribution in [2.45, 2.75) is 19.8 Å². The Morgan fingerprint density at radius 2 is 1.67 bits per heavy atom. The predicted octanol–water partition coefficient (Wildman–Crippen LogP) is 5.16. The van der Waals surface area contributed by atoms with Crippen LogP contribution in [0.2, 0.25) is 0 Å². The number of hydrogen-bond donors (Lipinski definition) is 2. The van der Waals surface area contributed by atoms with Crippen LogP contribution in [-0.2, 0) is 0 Å². The lowest BCUT2D eigenvalue weighted by atomic mass is 9.99. The van der Waals surface area contributed by atoms with Crippen LogP contribution in [0.5, 0.6) is 0 Å². The predicted molar refractivity (Wildman–Crippen MR) is 117 cm³/mol. The van der Waals surface area contributed by atoms with Gasteiger partial charge < -0.3 is 15.5 Å². The number of benzene rings is 2. The van der Waals surface area contributed by atoms with Crippen molar-refractivity contribution in [1.82, 2.24) is 10.2 Å². The maximum absolute atomic E-state index is 13.3. The number of piperidine rings is 1. The summed E-state index contributed by atoms with van der Waals surface area (Å²) >= 11 is 0. The first-order chi connectivity index (χ1) is 14.6. The van der Waals surface area contributed by atoms with Crippen molar-refractivity contribution in [3.05, 3.63) is 66.5 Å². The van der Waals surface area contributed by atoms with Crippen molar-refractivity contribution in [3.63, 3.8) is 0 Å². The molecule has 0 aliphatic carbocycles. The second-order valence-corrected chi connectivity index (χ2v) is 7.62. The molecule has 4 rings (SSSR count). The lowest BCUT2D eigenvalue weighted by molar-refractivity contribution is 0.262. The van der Waals surface area contributed by atoms with E-state index < -0.39 is 11.8 Å². The van der Waals surface area contributed by atoms with Crippen LogP contribution in [0.4, 0.5) is 26.4 Å². The largest absolute Gasteiger partial charge is 0.355 e. The van der Waals surface area contributed by atoms with Gasteiger partial charge in [-0.3, -0.25) is 0 Å². The van der Waals surface area contributed by atoms with Crippen LogP contribution in [0.3, 0.4) is 0 Å². The first-order valence-electron chi connectivity index (χ1n) is 10.1. The van der Waals surface area contributed by atoms with Gasteiger partial charge in [0.1, 0.15) is 5.82 Å². The molecule has 0 radical (unpaired) electrons. The monoisotopic (exact) mass is 405 g/mol. The third-order valence-electron chi connectivity index (χ3n) is 5.26. The molecule has 0 bridgehead atoms. The number of nitrogens with zero attached hydrogens (tertiary/aromatic N) is 3. The zero-order valence-corrected chi connectivity index (χ0v) is 16.8. The molecular formula is C23H24FN5O. The van der Waals surface area contributed by atoms with Gasteiger partial charge in [-0.25, -0.2) is 9.18 Å². The molecule has 1 fully saturated rings. The molecular weight excluding hydrogens is 381 g/mol. The number of halogens is 1. The fourth-order valence-corrected chi connectivity index (χ4v) is 3.50. The summed E-state index contributed by atoms with van der Waals surface area (Å²) in [5.41, 5.74) is 2.58. The van der Waals surface area contributed by atoms with Crippen LogP contribution in [-0.4, -0.2) is 29.3 Å². The number of urea groups is 1. The van der Waals surface area contributed by atoms with E-state index in [2.05, 4.69) is 32.7 Å². The molecule has 2 N–H and O–H groups in total. The van der Waals surface area contributed by atoms with E-state index in [0.29, 0.717) is 11.4 Å². The molecule has 1 saturated heterocycles. The second-order valence-electron chi connectivity index (χ2n) is 7.62. The molecule has 2 amide bonds. The van der Waals surface area contributed by atoms with Crippen LogP contribution < -0.4 is 15.5 Å². The molecule has 3 aromatic rings. The van der Waals surface area contributed by atoms with Gasteiger partial charge in [0.2, 0.25) is 0 Å². The van der Waals surface area contributed by atoms with E-state index in [1.54, 1.807) is 18.2 Å². The number of aromatic nitrogens is 2. The molecule has 0 saturated carbocycles. The Balaban J connectivity index is 1.42. The SMILES string of the molecule is CC1CCN(c2ccc(-c3cccc(NC(=O)Nc4cccc(F)c4)c3)nn2)CC1. The Bertz CT molecular complexity index is 1020. The first kappa shape index (κ1) is 19.8. The van der Waals surface area contributed by atoms with E-state index in [-0.39, 0.29) is 0 Å². The molecule has 2 aromatic carbocycles. The van der Waals surface area contributed by atoms with Gasteiger partial charge in [0, 0.05) is 30.0 Å². The minimum absolute atomic E-state index is 0.386. The molecule has 1 aliphatic heterocycles. The molecule has 1 aromatic heterocycles. The van der Waals surface area contributed by atoms with Gasteiger partial charge in [-0.05, 0) is 61.2 Å². The topological polar surface area (TPSA) is 70.2 Å². The normalized spacial score (nSPS) is 14.4. The summed E-state index contributed by atoms with van der Waals surface area (Å²) in [6, 6.07) is 16.6. The quantitative estimate of drug-likeness (QED) is 0.629. The minimum atomic E-state index is -0.446. The Labute approximate surface area is 175 Å². The fourth-order valence-electron chi connectivity index (χ4n) is 3.50. The molecule has 30 heavy (non-hydrogen) atoms. The van der Waals surface area contributed by atoms with Crippen LogP contribution in [0.15, 0.2) is 60.7 Å². The highest BCUT2D eigenvalue weighted by molar-refractivity contribution is 6.00. The van der Waals surface area contributed by atoms with Crippen molar-refractivity contribution < 1.29 is 9.18 Å². The van der Waals surface area contributed by atoms with Crippen LogP contribution in [0.1, 0.15) is 19.8 Å². The van der Waals surface area contributed by atoms with Gasteiger partial charge >= 0.3 is 6.03 Å². The zero-order valence-electron chi connectivity index (χ0n) is 16.8. The highest BCUT2D eigenvalue weighted by Gasteiger charge is 2.17. The first-order valence-corrected chi connectivity index (χ1v) is 10.1. The third kappa shape index (κ3) is 4.92. The molecule has 0 spiro atoms. The van der Waals surface area contributed by atoms with E-state index in [4.69, 9.17) is 0 Å². The average Bonchev–Trinajstić information content (AvgIpc) is 2.74.